The van der Waals surface area contributed by atoms with E-state index in [9.17, 15) is 4.79 Å². The third-order valence-electron chi connectivity index (χ3n) is 2.57. The van der Waals surface area contributed by atoms with Crippen LogP contribution in [0.1, 0.15) is 13.3 Å². The molecule has 0 saturated carbocycles. The van der Waals surface area contributed by atoms with Crippen LogP contribution in [0.3, 0.4) is 0 Å². The molecule has 0 atom stereocenters. The largest absolute Gasteiger partial charge is 0.448 e. The Morgan fingerprint density at radius 2 is 2.33 bits per heavy atom. The summed E-state index contributed by atoms with van der Waals surface area (Å²) in [5, 5.41) is 2.92. The first-order chi connectivity index (χ1) is 8.54. The van der Waals surface area contributed by atoms with Crippen LogP contribution >= 0.6 is 0 Å². The predicted molar refractivity (Wildman–Crippen MR) is 72.9 cm³/mol. The first-order valence-corrected chi connectivity index (χ1v) is 6.02. The van der Waals surface area contributed by atoms with Crippen LogP contribution in [0.25, 0.3) is 0 Å². The molecule has 0 aliphatic carbocycles. The van der Waals surface area contributed by atoms with E-state index in [-0.39, 0.29) is 6.09 Å². The fraction of sp³-hybridized carbons (Fsp3) is 0.538. The summed E-state index contributed by atoms with van der Waals surface area (Å²) in [6.07, 6.45) is 0.410. The average Bonchev–Trinajstić information content (AvgIpc) is 2.31. The third kappa shape index (κ3) is 4.33. The Morgan fingerprint density at radius 3 is 2.89 bits per heavy atom. The first kappa shape index (κ1) is 14.4. The third-order valence-corrected chi connectivity index (χ3v) is 2.57. The van der Waals surface area contributed by atoms with Gasteiger partial charge in [0.1, 0.15) is 6.61 Å². The van der Waals surface area contributed by atoms with E-state index in [0.29, 0.717) is 32.7 Å². The summed E-state index contributed by atoms with van der Waals surface area (Å²) in [5.41, 5.74) is 2.55. The lowest BCUT2D eigenvalue weighted by molar-refractivity contribution is 0.107. The molecule has 0 radical (unpaired) electrons. The van der Waals surface area contributed by atoms with Crippen LogP contribution in [0.15, 0.2) is 29.4 Å². The van der Waals surface area contributed by atoms with E-state index >= 15 is 0 Å². The summed E-state index contributed by atoms with van der Waals surface area (Å²) in [4.78, 5) is 17.7. The number of ether oxygens (including phenoxy) is 1. The number of piperidine rings is 1. The van der Waals surface area contributed by atoms with Crippen LogP contribution in [0.5, 0.6) is 0 Å². The van der Waals surface area contributed by atoms with Gasteiger partial charge >= 0.3 is 6.09 Å². The Bertz CT molecular complexity index is 374. The maximum Gasteiger partial charge on any atom is 0.410 e. The second-order valence-corrected chi connectivity index (χ2v) is 4.29. The number of amides is 1. The van der Waals surface area contributed by atoms with Crippen molar-refractivity contribution in [2.75, 3.05) is 33.3 Å². The van der Waals surface area contributed by atoms with Gasteiger partial charge in [-0.05, 0) is 19.5 Å². The monoisotopic (exact) mass is 251 g/mol. The topological polar surface area (TPSA) is 53.9 Å². The number of carbonyl (C=O) groups excluding carboxylic acids is 1. The van der Waals surface area contributed by atoms with Gasteiger partial charge in [-0.25, -0.2) is 4.79 Å². The maximum absolute atomic E-state index is 11.7. The van der Waals surface area contributed by atoms with E-state index < -0.39 is 0 Å². The second-order valence-electron chi connectivity index (χ2n) is 4.29. The SMILES string of the molecule is C=C(C)/N=C1/CCN(C(=O)OCCNC)CC1=C. The maximum atomic E-state index is 11.7. The summed E-state index contributed by atoms with van der Waals surface area (Å²) < 4.78 is 5.11. The van der Waals surface area contributed by atoms with Crippen molar-refractivity contribution in [3.05, 3.63) is 24.4 Å². The van der Waals surface area contributed by atoms with E-state index in [1.165, 1.54) is 0 Å². The van der Waals surface area contributed by atoms with Gasteiger partial charge < -0.3 is 15.0 Å². The standard InChI is InChI=1S/C13H21N3O2/c1-10(2)15-12-5-7-16(9-11(12)3)13(17)18-8-6-14-4/h14H,1,3,5-9H2,2,4H3/b15-12-. The minimum atomic E-state index is -0.291. The predicted octanol–water partition coefficient (Wildman–Crippen LogP) is 1.58. The van der Waals surface area contributed by atoms with Crippen LogP contribution in [-0.4, -0.2) is 50.0 Å². The first-order valence-electron chi connectivity index (χ1n) is 6.02. The van der Waals surface area contributed by atoms with Crippen molar-refractivity contribution in [2.45, 2.75) is 13.3 Å². The summed E-state index contributed by atoms with van der Waals surface area (Å²) in [6.45, 7) is 11.7. The molecule has 0 aromatic rings. The number of aliphatic imine (C=N–C) groups is 1. The van der Waals surface area contributed by atoms with Crippen LogP contribution in [0.4, 0.5) is 4.79 Å². The summed E-state index contributed by atoms with van der Waals surface area (Å²) in [6, 6.07) is 0. The van der Waals surface area contributed by atoms with Gasteiger partial charge in [-0.2, -0.15) is 0 Å². The molecule has 0 aromatic heterocycles. The Balaban J connectivity index is 2.48. The van der Waals surface area contributed by atoms with Gasteiger partial charge in [-0.15, -0.1) is 0 Å². The molecule has 1 aliphatic rings. The Morgan fingerprint density at radius 1 is 1.61 bits per heavy atom. The molecule has 1 fully saturated rings. The molecule has 0 aromatic carbocycles. The second kappa shape index (κ2) is 6.96. The zero-order valence-electron chi connectivity index (χ0n) is 11.2. The van der Waals surface area contributed by atoms with Crippen molar-refractivity contribution < 1.29 is 9.53 Å². The molecule has 1 heterocycles. The molecule has 0 spiro atoms. The highest BCUT2D eigenvalue weighted by molar-refractivity contribution is 6.02. The quantitative estimate of drug-likeness (QED) is 0.772. The molecule has 18 heavy (non-hydrogen) atoms. The number of nitrogens with zero attached hydrogens (tertiary/aromatic N) is 2. The van der Waals surface area contributed by atoms with Crippen molar-refractivity contribution in [1.82, 2.24) is 10.2 Å². The van der Waals surface area contributed by atoms with Crippen LogP contribution in [0.2, 0.25) is 0 Å². The Kier molecular flexibility index (Phi) is 5.58. The van der Waals surface area contributed by atoms with Crippen molar-refractivity contribution in [2.24, 2.45) is 4.99 Å². The minimum Gasteiger partial charge on any atom is -0.448 e. The lowest BCUT2D eigenvalue weighted by Gasteiger charge is -2.28. The van der Waals surface area contributed by atoms with E-state index in [1.54, 1.807) is 4.90 Å². The van der Waals surface area contributed by atoms with Gasteiger partial charge in [-0.3, -0.25) is 4.99 Å². The number of likely N-dealkylation sites (tertiary alicyclic amines) is 1. The molecule has 0 unspecified atom stereocenters. The van der Waals surface area contributed by atoms with Crippen LogP contribution < -0.4 is 5.32 Å². The van der Waals surface area contributed by atoms with E-state index in [1.807, 2.05) is 14.0 Å². The van der Waals surface area contributed by atoms with Gasteiger partial charge in [0.25, 0.3) is 0 Å². The van der Waals surface area contributed by atoms with E-state index in [0.717, 1.165) is 17.0 Å². The zero-order chi connectivity index (χ0) is 13.5. The number of hydrogen-bond donors (Lipinski definition) is 1. The van der Waals surface area contributed by atoms with Crippen molar-refractivity contribution >= 4 is 11.8 Å². The number of allylic oxidation sites excluding steroid dienone is 1. The lowest BCUT2D eigenvalue weighted by Crippen LogP contribution is -2.40. The number of hydrogen-bond acceptors (Lipinski definition) is 4. The fourth-order valence-electron chi connectivity index (χ4n) is 1.67. The molecule has 1 amide bonds. The molecule has 5 nitrogen and oxygen atoms in total. The van der Waals surface area contributed by atoms with E-state index in [2.05, 4.69) is 23.5 Å². The fourth-order valence-corrected chi connectivity index (χ4v) is 1.67. The van der Waals surface area contributed by atoms with Crippen LogP contribution in [0, 0.1) is 0 Å². The summed E-state index contributed by atoms with van der Waals surface area (Å²) in [7, 11) is 1.82. The number of nitrogens with one attached hydrogen (secondary N) is 1. The Hall–Kier alpha value is -1.62. The molecule has 1 rings (SSSR count). The Labute approximate surface area is 108 Å². The number of likely N-dealkylation sites (N-methyl/N-ethyl adjacent to an activating group) is 1. The molecule has 100 valence electrons. The smallest absolute Gasteiger partial charge is 0.410 e. The van der Waals surface area contributed by atoms with Crippen LogP contribution in [-0.2, 0) is 4.74 Å². The lowest BCUT2D eigenvalue weighted by atomic mass is 10.0. The molecule has 1 saturated heterocycles. The average molecular weight is 251 g/mol. The molecule has 5 heteroatoms. The zero-order valence-corrected chi connectivity index (χ0v) is 11.2. The summed E-state index contributed by atoms with van der Waals surface area (Å²) >= 11 is 0. The molecule has 0 bridgehead atoms. The van der Waals surface area contributed by atoms with E-state index in [4.69, 9.17) is 4.74 Å². The van der Waals surface area contributed by atoms with Gasteiger partial charge in [-0.1, -0.05) is 13.2 Å². The number of rotatable bonds is 4. The normalized spacial score (nSPS) is 18.0. The van der Waals surface area contributed by atoms with Crippen molar-refractivity contribution in [1.29, 1.82) is 0 Å². The van der Waals surface area contributed by atoms with Crippen molar-refractivity contribution in [3.8, 4) is 0 Å². The van der Waals surface area contributed by atoms with Crippen molar-refractivity contribution in [3.63, 3.8) is 0 Å². The van der Waals surface area contributed by atoms with Gasteiger partial charge in [0.2, 0.25) is 0 Å². The number of carbonyl (C=O) groups is 1. The highest BCUT2D eigenvalue weighted by atomic mass is 16.6. The van der Waals surface area contributed by atoms with Gasteiger partial charge in [0, 0.05) is 30.9 Å². The highest BCUT2D eigenvalue weighted by Gasteiger charge is 2.23. The van der Waals surface area contributed by atoms with Gasteiger partial charge in [0.05, 0.1) is 6.54 Å². The highest BCUT2D eigenvalue weighted by Crippen LogP contribution is 2.14. The minimum absolute atomic E-state index is 0.291. The molecule has 1 N–H and O–H groups in total. The molecular formula is C13H21N3O2. The van der Waals surface area contributed by atoms with Gasteiger partial charge in [0.15, 0.2) is 0 Å². The molecule has 1 aliphatic heterocycles. The molecular weight excluding hydrogens is 230 g/mol. The summed E-state index contributed by atoms with van der Waals surface area (Å²) in [5.74, 6) is 0.